The molecule has 2 heterocycles. The second-order valence-corrected chi connectivity index (χ2v) is 7.16. The van der Waals surface area contributed by atoms with E-state index in [-0.39, 0.29) is 5.91 Å². The summed E-state index contributed by atoms with van der Waals surface area (Å²) < 4.78 is 3.99. The molecule has 0 aliphatic heterocycles. The third-order valence-corrected chi connectivity index (χ3v) is 5.59. The summed E-state index contributed by atoms with van der Waals surface area (Å²) in [4.78, 5) is 15.1. The predicted octanol–water partition coefficient (Wildman–Crippen LogP) is 2.68. The Morgan fingerprint density at radius 3 is 2.71 bits per heavy atom. The Morgan fingerprint density at radius 1 is 1.21 bits per heavy atom. The van der Waals surface area contributed by atoms with E-state index >= 15 is 0 Å². The predicted molar refractivity (Wildman–Crippen MR) is 92.5 cm³/mol. The van der Waals surface area contributed by atoms with Crippen LogP contribution in [-0.4, -0.2) is 31.2 Å². The van der Waals surface area contributed by atoms with Gasteiger partial charge in [0.1, 0.15) is 6.54 Å². The second-order valence-electron chi connectivity index (χ2n) is 7.16. The van der Waals surface area contributed by atoms with Crippen molar-refractivity contribution in [3.8, 4) is 0 Å². The summed E-state index contributed by atoms with van der Waals surface area (Å²) in [6, 6.07) is 4.32. The van der Waals surface area contributed by atoms with Gasteiger partial charge in [-0.2, -0.15) is 5.10 Å². The van der Waals surface area contributed by atoms with Gasteiger partial charge in [0.25, 0.3) is 0 Å². The maximum atomic E-state index is 13.0. The highest BCUT2D eigenvalue weighted by atomic mass is 16.2. The molecular formula is C19H26N4O. The fourth-order valence-electron chi connectivity index (χ4n) is 4.35. The number of hydrogen-bond acceptors (Lipinski definition) is 2. The summed E-state index contributed by atoms with van der Waals surface area (Å²) in [6.45, 7) is 1.10. The molecule has 0 spiro atoms. The molecule has 2 aromatic rings. The van der Waals surface area contributed by atoms with Crippen LogP contribution in [0.1, 0.15) is 49.1 Å². The van der Waals surface area contributed by atoms with Crippen LogP contribution in [0.4, 0.5) is 0 Å². The molecule has 0 atom stereocenters. The average molecular weight is 326 g/mol. The Hall–Kier alpha value is -2.04. The molecule has 2 aliphatic carbocycles. The number of amides is 1. The quantitative estimate of drug-likeness (QED) is 0.848. The first kappa shape index (κ1) is 15.5. The maximum Gasteiger partial charge on any atom is 0.243 e. The van der Waals surface area contributed by atoms with Crippen LogP contribution in [0.3, 0.4) is 0 Å². The van der Waals surface area contributed by atoms with Crippen LogP contribution in [-0.2, 0) is 37.8 Å². The van der Waals surface area contributed by atoms with Crippen LogP contribution in [0.2, 0.25) is 0 Å². The van der Waals surface area contributed by atoms with E-state index in [0.29, 0.717) is 19.1 Å². The van der Waals surface area contributed by atoms with E-state index < -0.39 is 0 Å². The molecule has 0 radical (unpaired) electrons. The van der Waals surface area contributed by atoms with Crippen molar-refractivity contribution in [2.24, 2.45) is 7.05 Å². The van der Waals surface area contributed by atoms with Gasteiger partial charge in [-0.05, 0) is 49.8 Å². The summed E-state index contributed by atoms with van der Waals surface area (Å²) in [5, 5.41) is 4.74. The molecule has 0 unspecified atom stereocenters. The highest BCUT2D eigenvalue weighted by molar-refractivity contribution is 5.76. The molecule has 0 aromatic carbocycles. The molecule has 1 amide bonds. The molecule has 5 nitrogen and oxygen atoms in total. The fourth-order valence-corrected chi connectivity index (χ4v) is 4.35. The van der Waals surface area contributed by atoms with E-state index in [2.05, 4.69) is 4.90 Å². The smallest absolute Gasteiger partial charge is 0.243 e. The van der Waals surface area contributed by atoms with E-state index in [1.54, 1.807) is 0 Å². The van der Waals surface area contributed by atoms with Crippen LogP contribution in [0.15, 0.2) is 24.5 Å². The molecule has 24 heavy (non-hydrogen) atoms. The Labute approximate surface area is 143 Å². The zero-order chi connectivity index (χ0) is 16.5. The first-order valence-electron chi connectivity index (χ1n) is 9.16. The summed E-state index contributed by atoms with van der Waals surface area (Å²) in [5.41, 5.74) is 3.89. The van der Waals surface area contributed by atoms with Crippen LogP contribution in [0, 0.1) is 0 Å². The maximum absolute atomic E-state index is 13.0. The Balaban J connectivity index is 1.56. The van der Waals surface area contributed by atoms with E-state index in [1.807, 2.05) is 40.8 Å². The number of carbonyl (C=O) groups excluding carboxylic acids is 1. The third-order valence-electron chi connectivity index (χ3n) is 5.59. The van der Waals surface area contributed by atoms with Gasteiger partial charge in [-0.25, -0.2) is 0 Å². The van der Waals surface area contributed by atoms with Crippen molar-refractivity contribution in [1.82, 2.24) is 19.2 Å². The van der Waals surface area contributed by atoms with E-state index in [9.17, 15) is 4.79 Å². The minimum atomic E-state index is 0.218. The summed E-state index contributed by atoms with van der Waals surface area (Å²) in [6.07, 6.45) is 12.1. The lowest BCUT2D eigenvalue weighted by Gasteiger charge is -2.29. The minimum absolute atomic E-state index is 0.218. The van der Waals surface area contributed by atoms with Crippen molar-refractivity contribution in [2.45, 2.75) is 64.1 Å². The van der Waals surface area contributed by atoms with Gasteiger partial charge in [-0.1, -0.05) is 12.8 Å². The van der Waals surface area contributed by atoms with Crippen molar-refractivity contribution in [3.63, 3.8) is 0 Å². The molecule has 0 N–H and O–H groups in total. The Morgan fingerprint density at radius 2 is 1.96 bits per heavy atom. The fraction of sp³-hybridized carbons (Fsp3) is 0.579. The zero-order valence-corrected chi connectivity index (χ0v) is 14.4. The average Bonchev–Trinajstić information content (AvgIpc) is 3.34. The van der Waals surface area contributed by atoms with Crippen molar-refractivity contribution >= 4 is 5.91 Å². The van der Waals surface area contributed by atoms with Gasteiger partial charge >= 0.3 is 0 Å². The zero-order valence-electron chi connectivity index (χ0n) is 14.4. The molecule has 0 saturated heterocycles. The molecule has 0 bridgehead atoms. The first-order valence-corrected chi connectivity index (χ1v) is 9.16. The number of fused-ring (bicyclic) bond motifs is 1. The molecular weight excluding hydrogens is 300 g/mol. The van der Waals surface area contributed by atoms with Crippen molar-refractivity contribution < 1.29 is 4.79 Å². The normalized spacial score (nSPS) is 17.4. The summed E-state index contributed by atoms with van der Waals surface area (Å²) in [7, 11) is 2.04. The molecule has 2 aromatic heterocycles. The van der Waals surface area contributed by atoms with E-state index in [4.69, 9.17) is 5.10 Å². The van der Waals surface area contributed by atoms with Gasteiger partial charge < -0.3 is 9.47 Å². The largest absolute Gasteiger partial charge is 0.345 e. The number of nitrogens with zero attached hydrogens (tertiary/aromatic N) is 4. The highest BCUT2D eigenvalue weighted by Crippen LogP contribution is 2.29. The summed E-state index contributed by atoms with van der Waals surface area (Å²) >= 11 is 0. The number of hydrogen-bond donors (Lipinski definition) is 0. The monoisotopic (exact) mass is 326 g/mol. The summed E-state index contributed by atoms with van der Waals surface area (Å²) in [5.74, 6) is 0.218. The molecule has 1 saturated carbocycles. The highest BCUT2D eigenvalue weighted by Gasteiger charge is 2.30. The van der Waals surface area contributed by atoms with Crippen LogP contribution in [0.5, 0.6) is 0 Å². The lowest BCUT2D eigenvalue weighted by molar-refractivity contribution is -0.134. The van der Waals surface area contributed by atoms with Crippen molar-refractivity contribution in [3.05, 3.63) is 41.5 Å². The van der Waals surface area contributed by atoms with Crippen molar-refractivity contribution in [1.29, 1.82) is 0 Å². The van der Waals surface area contributed by atoms with Gasteiger partial charge in [-0.3, -0.25) is 9.48 Å². The van der Waals surface area contributed by atoms with Gasteiger partial charge in [0.05, 0.1) is 12.2 Å². The lowest BCUT2D eigenvalue weighted by atomic mass is 10.1. The minimum Gasteiger partial charge on any atom is -0.345 e. The Bertz CT molecular complexity index is 710. The molecule has 4 rings (SSSR count). The van der Waals surface area contributed by atoms with Gasteiger partial charge in [-0.15, -0.1) is 0 Å². The van der Waals surface area contributed by atoms with E-state index in [1.165, 1.54) is 30.5 Å². The van der Waals surface area contributed by atoms with Gasteiger partial charge in [0.2, 0.25) is 5.91 Å². The molecule has 2 aliphatic rings. The Kier molecular flexibility index (Phi) is 4.17. The molecule has 128 valence electrons. The standard InChI is InChI=1S/C19H26N4O/c1-21-18-10-6-9-16(18)17(20-21)13-23(15-7-2-3-8-15)19(24)14-22-11-4-5-12-22/h4-5,11-12,15H,2-3,6-10,13-14H2,1H3. The topological polar surface area (TPSA) is 43.1 Å². The SMILES string of the molecule is Cn1nc(CN(C(=O)Cn2cccc2)C2CCCC2)c2c1CCC2. The van der Waals surface area contributed by atoms with Gasteiger partial charge in [0.15, 0.2) is 0 Å². The number of rotatable bonds is 5. The molecule has 1 fully saturated rings. The number of aromatic nitrogens is 3. The van der Waals surface area contributed by atoms with Crippen LogP contribution in [0.25, 0.3) is 0 Å². The molecule has 5 heteroatoms. The second kappa shape index (κ2) is 6.46. The third kappa shape index (κ3) is 2.87. The lowest BCUT2D eigenvalue weighted by Crippen LogP contribution is -2.40. The van der Waals surface area contributed by atoms with Gasteiger partial charge in [0, 0.05) is 31.2 Å². The van der Waals surface area contributed by atoms with E-state index in [0.717, 1.165) is 31.4 Å². The van der Waals surface area contributed by atoms with Crippen molar-refractivity contribution in [2.75, 3.05) is 0 Å². The first-order chi connectivity index (χ1) is 11.7. The number of carbonyl (C=O) groups is 1. The van der Waals surface area contributed by atoms with Crippen LogP contribution >= 0.6 is 0 Å². The number of aryl methyl sites for hydroxylation is 1. The van der Waals surface area contributed by atoms with Crippen LogP contribution < -0.4 is 0 Å².